The highest BCUT2D eigenvalue weighted by Gasteiger charge is 2.30. The van der Waals surface area contributed by atoms with E-state index in [0.717, 1.165) is 11.4 Å². The predicted octanol–water partition coefficient (Wildman–Crippen LogP) is 1.18. The third-order valence-electron chi connectivity index (χ3n) is 4.03. The molecular formula is C16H20N4O3S. The molecule has 2 heterocycles. The van der Waals surface area contributed by atoms with E-state index in [1.54, 1.807) is 13.2 Å². The molecule has 1 aliphatic heterocycles. The number of rotatable bonds is 4. The Morgan fingerprint density at radius 1 is 1.08 bits per heavy atom. The number of hydrogen-bond donors (Lipinski definition) is 1. The molecule has 0 bridgehead atoms. The number of nitrogen functional groups attached to an aromatic ring is 1. The van der Waals surface area contributed by atoms with Crippen LogP contribution in [-0.2, 0) is 10.0 Å². The van der Waals surface area contributed by atoms with Crippen molar-refractivity contribution in [2.75, 3.05) is 43.9 Å². The molecule has 1 aromatic heterocycles. The smallest absolute Gasteiger partial charge is 0.260 e. The predicted molar refractivity (Wildman–Crippen MR) is 92.6 cm³/mol. The lowest BCUT2D eigenvalue weighted by Crippen LogP contribution is -2.48. The van der Waals surface area contributed by atoms with E-state index in [1.165, 1.54) is 16.6 Å². The van der Waals surface area contributed by atoms with Crippen molar-refractivity contribution in [3.63, 3.8) is 0 Å². The molecule has 0 radical (unpaired) electrons. The normalized spacial score (nSPS) is 16.1. The summed E-state index contributed by atoms with van der Waals surface area (Å²) in [5.74, 6) is 0.786. The van der Waals surface area contributed by atoms with Gasteiger partial charge in [0, 0.05) is 26.2 Å². The Kier molecular flexibility index (Phi) is 4.59. The summed E-state index contributed by atoms with van der Waals surface area (Å²) in [5.41, 5.74) is 6.98. The molecule has 0 amide bonds. The first-order chi connectivity index (χ1) is 11.5. The molecule has 1 saturated heterocycles. The van der Waals surface area contributed by atoms with Gasteiger partial charge in [0.25, 0.3) is 10.0 Å². The van der Waals surface area contributed by atoms with Gasteiger partial charge in [-0.15, -0.1) is 0 Å². The Morgan fingerprint density at radius 2 is 1.79 bits per heavy atom. The maximum absolute atomic E-state index is 12.6. The molecule has 0 aliphatic carbocycles. The van der Waals surface area contributed by atoms with Crippen molar-refractivity contribution >= 4 is 21.4 Å². The van der Waals surface area contributed by atoms with Gasteiger partial charge < -0.3 is 15.4 Å². The first kappa shape index (κ1) is 16.5. The number of nitrogens with zero attached hydrogens (tertiary/aromatic N) is 3. The Morgan fingerprint density at radius 3 is 2.42 bits per heavy atom. The summed E-state index contributed by atoms with van der Waals surface area (Å²) in [7, 11) is -1.96. The van der Waals surface area contributed by atoms with E-state index in [2.05, 4.69) is 9.88 Å². The van der Waals surface area contributed by atoms with Crippen LogP contribution < -0.4 is 15.4 Å². The van der Waals surface area contributed by atoms with Crippen LogP contribution in [-0.4, -0.2) is 51.0 Å². The second-order valence-electron chi connectivity index (χ2n) is 5.49. The van der Waals surface area contributed by atoms with Gasteiger partial charge in [-0.2, -0.15) is 4.31 Å². The first-order valence-corrected chi connectivity index (χ1v) is 9.06. The number of ether oxygens (including phenoxy) is 1. The number of piperazine rings is 1. The molecule has 0 atom stereocenters. The SMILES string of the molecule is COc1ccccc1N1CCN(S(=O)(=O)c2ccc(N)cn2)CC1. The third-order valence-corrected chi connectivity index (χ3v) is 5.84. The average Bonchev–Trinajstić information content (AvgIpc) is 2.62. The van der Waals surface area contributed by atoms with Gasteiger partial charge in [-0.1, -0.05) is 12.1 Å². The van der Waals surface area contributed by atoms with Crippen LogP contribution in [0.4, 0.5) is 11.4 Å². The van der Waals surface area contributed by atoms with Crippen molar-refractivity contribution in [3.8, 4) is 5.75 Å². The fraction of sp³-hybridized carbons (Fsp3) is 0.312. The summed E-state index contributed by atoms with van der Waals surface area (Å²) in [6.45, 7) is 1.97. The Labute approximate surface area is 141 Å². The van der Waals surface area contributed by atoms with Crippen molar-refractivity contribution in [2.45, 2.75) is 5.03 Å². The maximum Gasteiger partial charge on any atom is 0.260 e. The molecule has 0 unspecified atom stereocenters. The molecule has 1 aliphatic rings. The number of benzene rings is 1. The third kappa shape index (κ3) is 3.15. The molecule has 3 rings (SSSR count). The molecule has 7 nitrogen and oxygen atoms in total. The van der Waals surface area contributed by atoms with E-state index in [9.17, 15) is 8.42 Å². The van der Waals surface area contributed by atoms with Crippen molar-refractivity contribution in [2.24, 2.45) is 0 Å². The average molecular weight is 348 g/mol. The standard InChI is InChI=1S/C16H20N4O3S/c1-23-15-5-3-2-4-14(15)19-8-10-20(11-9-19)24(21,22)16-7-6-13(17)12-18-16/h2-7,12H,8-11,17H2,1H3. The fourth-order valence-corrected chi connectivity index (χ4v) is 4.07. The molecule has 2 N–H and O–H groups in total. The van der Waals surface area contributed by atoms with Gasteiger partial charge in [-0.25, -0.2) is 13.4 Å². The Balaban J connectivity index is 1.74. The van der Waals surface area contributed by atoms with Crippen molar-refractivity contribution in [1.29, 1.82) is 0 Å². The highest BCUT2D eigenvalue weighted by molar-refractivity contribution is 7.89. The van der Waals surface area contributed by atoms with E-state index in [1.807, 2.05) is 24.3 Å². The van der Waals surface area contributed by atoms with E-state index in [4.69, 9.17) is 10.5 Å². The molecule has 1 fully saturated rings. The molecule has 0 spiro atoms. The van der Waals surface area contributed by atoms with Crippen molar-refractivity contribution in [3.05, 3.63) is 42.6 Å². The number of para-hydroxylation sites is 2. The molecule has 1 aromatic carbocycles. The van der Waals surface area contributed by atoms with Crippen LogP contribution in [0, 0.1) is 0 Å². The zero-order valence-corrected chi connectivity index (χ0v) is 14.2. The van der Waals surface area contributed by atoms with Gasteiger partial charge in [-0.05, 0) is 24.3 Å². The number of hydrogen-bond acceptors (Lipinski definition) is 6. The quantitative estimate of drug-likeness (QED) is 0.893. The van der Waals surface area contributed by atoms with E-state index < -0.39 is 10.0 Å². The highest BCUT2D eigenvalue weighted by atomic mass is 32.2. The van der Waals surface area contributed by atoms with Gasteiger partial charge in [0.05, 0.1) is 24.7 Å². The van der Waals surface area contributed by atoms with Gasteiger partial charge >= 0.3 is 0 Å². The lowest BCUT2D eigenvalue weighted by Gasteiger charge is -2.35. The molecule has 2 aromatic rings. The van der Waals surface area contributed by atoms with E-state index >= 15 is 0 Å². The van der Waals surface area contributed by atoms with Crippen LogP contribution in [0.5, 0.6) is 5.75 Å². The Hall–Kier alpha value is -2.32. The molecular weight excluding hydrogens is 328 g/mol. The van der Waals surface area contributed by atoms with Crippen molar-refractivity contribution in [1.82, 2.24) is 9.29 Å². The number of anilines is 2. The summed E-state index contributed by atoms with van der Waals surface area (Å²) in [6.07, 6.45) is 1.36. The van der Waals surface area contributed by atoms with E-state index in [-0.39, 0.29) is 5.03 Å². The van der Waals surface area contributed by atoms with Gasteiger partial charge in [-0.3, -0.25) is 0 Å². The Bertz CT molecular complexity index is 800. The largest absolute Gasteiger partial charge is 0.495 e. The minimum Gasteiger partial charge on any atom is -0.495 e. The lowest BCUT2D eigenvalue weighted by molar-refractivity contribution is 0.377. The minimum absolute atomic E-state index is 0.0300. The highest BCUT2D eigenvalue weighted by Crippen LogP contribution is 2.29. The van der Waals surface area contributed by atoms with Crippen molar-refractivity contribution < 1.29 is 13.2 Å². The van der Waals surface area contributed by atoms with Crippen LogP contribution >= 0.6 is 0 Å². The first-order valence-electron chi connectivity index (χ1n) is 7.62. The zero-order valence-electron chi connectivity index (χ0n) is 13.4. The van der Waals surface area contributed by atoms with Crippen LogP contribution in [0.2, 0.25) is 0 Å². The van der Waals surface area contributed by atoms with Crippen LogP contribution in [0.1, 0.15) is 0 Å². The van der Waals surface area contributed by atoms with Gasteiger partial charge in [0.2, 0.25) is 0 Å². The van der Waals surface area contributed by atoms with Gasteiger partial charge in [0.15, 0.2) is 5.03 Å². The number of methoxy groups -OCH3 is 1. The fourth-order valence-electron chi connectivity index (χ4n) is 2.74. The summed E-state index contributed by atoms with van der Waals surface area (Å²) in [5, 5.41) is 0.0300. The second-order valence-corrected chi connectivity index (χ2v) is 7.38. The number of pyridine rings is 1. The summed E-state index contributed by atoms with van der Waals surface area (Å²) >= 11 is 0. The topological polar surface area (TPSA) is 88.8 Å². The second kappa shape index (κ2) is 6.66. The van der Waals surface area contributed by atoms with Gasteiger partial charge in [0.1, 0.15) is 5.75 Å². The summed E-state index contributed by atoms with van der Waals surface area (Å²) in [6, 6.07) is 10.7. The monoisotopic (exact) mass is 348 g/mol. The summed E-state index contributed by atoms with van der Waals surface area (Å²) < 4.78 is 32.1. The summed E-state index contributed by atoms with van der Waals surface area (Å²) in [4.78, 5) is 6.07. The van der Waals surface area contributed by atoms with Crippen LogP contribution in [0.25, 0.3) is 0 Å². The molecule has 128 valence electrons. The maximum atomic E-state index is 12.6. The number of nitrogens with two attached hydrogens (primary N) is 1. The lowest BCUT2D eigenvalue weighted by atomic mass is 10.2. The van der Waals surface area contributed by atoms with Crippen LogP contribution in [0.3, 0.4) is 0 Å². The number of sulfonamides is 1. The molecule has 0 saturated carbocycles. The molecule has 8 heteroatoms. The van der Waals surface area contributed by atoms with Crippen LogP contribution in [0.15, 0.2) is 47.6 Å². The zero-order chi connectivity index (χ0) is 17.2. The minimum atomic E-state index is -3.59. The molecule has 24 heavy (non-hydrogen) atoms. The van der Waals surface area contributed by atoms with E-state index in [0.29, 0.717) is 31.9 Å². The number of aromatic nitrogens is 1.